The van der Waals surface area contributed by atoms with E-state index < -0.39 is 21.9 Å². The summed E-state index contributed by atoms with van der Waals surface area (Å²) in [5.41, 5.74) is 0.958. The van der Waals surface area contributed by atoms with Crippen molar-refractivity contribution in [1.29, 1.82) is 0 Å². The van der Waals surface area contributed by atoms with Gasteiger partial charge in [0.1, 0.15) is 5.82 Å². The number of fused-ring (bicyclic) bond motifs is 1. The average molecular weight is 394 g/mol. The Kier molecular flexibility index (Phi) is 5.17. The molecular weight excluding hydrogens is 375 g/mol. The van der Waals surface area contributed by atoms with Crippen LogP contribution in [-0.4, -0.2) is 46.1 Å². The Hall–Kier alpha value is -2.88. The van der Waals surface area contributed by atoms with Gasteiger partial charge in [0, 0.05) is 31.9 Å². The molecule has 0 saturated carbocycles. The summed E-state index contributed by atoms with van der Waals surface area (Å²) in [6, 6.07) is 6.92. The third-order valence-electron chi connectivity index (χ3n) is 4.06. The van der Waals surface area contributed by atoms with Crippen molar-refractivity contribution in [3.05, 3.63) is 47.9 Å². The zero-order valence-electron chi connectivity index (χ0n) is 14.8. The largest absolute Gasteiger partial charge is 0.478 e. The number of benzene rings is 1. The number of halogens is 1. The van der Waals surface area contributed by atoms with Crippen LogP contribution in [0.5, 0.6) is 5.88 Å². The Labute approximate surface area is 156 Å². The smallest absolute Gasteiger partial charge is 0.326 e. The third-order valence-corrected chi connectivity index (χ3v) is 5.89. The first-order chi connectivity index (χ1) is 12.8. The molecule has 1 aromatic heterocycles. The summed E-state index contributed by atoms with van der Waals surface area (Å²) >= 11 is 0. The lowest BCUT2D eigenvalue weighted by molar-refractivity contribution is 0.0954. The highest BCUT2D eigenvalue weighted by Gasteiger charge is 2.37. The standard InChI is InChI=1S/C17H19FN4O4S/c1-3-26-16-7-4-12(11-20-16)17(23)19-8-9-22-15-10-13(18)5-6-14(15)21(2)27(22,24)25/h4-7,10-11H,3,8-9H2,1-2H3,(H,19,23). The maximum absolute atomic E-state index is 13.5. The molecule has 1 N–H and O–H groups in total. The molecule has 0 fully saturated rings. The topological polar surface area (TPSA) is 91.8 Å². The van der Waals surface area contributed by atoms with Gasteiger partial charge in [-0.3, -0.25) is 9.10 Å². The van der Waals surface area contributed by atoms with Crippen LogP contribution in [0.2, 0.25) is 0 Å². The van der Waals surface area contributed by atoms with Crippen LogP contribution in [0.15, 0.2) is 36.5 Å². The lowest BCUT2D eigenvalue weighted by Gasteiger charge is -2.19. The zero-order valence-corrected chi connectivity index (χ0v) is 15.7. The number of rotatable bonds is 6. The van der Waals surface area contributed by atoms with Crippen LogP contribution in [-0.2, 0) is 10.2 Å². The first-order valence-electron chi connectivity index (χ1n) is 8.27. The molecule has 27 heavy (non-hydrogen) atoms. The minimum Gasteiger partial charge on any atom is -0.478 e. The van der Waals surface area contributed by atoms with Gasteiger partial charge in [-0.1, -0.05) is 0 Å². The SMILES string of the molecule is CCOc1ccc(C(=O)NCCN2c3cc(F)ccc3N(C)S2(=O)=O)cn1. The molecule has 0 aliphatic carbocycles. The van der Waals surface area contributed by atoms with Crippen LogP contribution >= 0.6 is 0 Å². The fourth-order valence-corrected chi connectivity index (χ4v) is 4.13. The first-order valence-corrected chi connectivity index (χ1v) is 9.67. The molecular formula is C17H19FN4O4S. The van der Waals surface area contributed by atoms with Crippen LogP contribution in [0.4, 0.5) is 15.8 Å². The second-order valence-electron chi connectivity index (χ2n) is 5.75. The number of anilines is 2. The van der Waals surface area contributed by atoms with Crippen LogP contribution in [0.3, 0.4) is 0 Å². The van der Waals surface area contributed by atoms with E-state index >= 15 is 0 Å². The fraction of sp³-hybridized carbons (Fsp3) is 0.294. The fourth-order valence-electron chi connectivity index (χ4n) is 2.72. The summed E-state index contributed by atoms with van der Waals surface area (Å²) in [5.74, 6) is -0.511. The Morgan fingerprint density at radius 1 is 1.26 bits per heavy atom. The number of nitrogens with one attached hydrogen (secondary N) is 1. The van der Waals surface area contributed by atoms with Crippen molar-refractivity contribution in [2.24, 2.45) is 0 Å². The number of ether oxygens (including phenoxy) is 1. The molecule has 10 heteroatoms. The molecule has 2 heterocycles. The Bertz CT molecular complexity index is 950. The van der Waals surface area contributed by atoms with E-state index in [0.29, 0.717) is 23.7 Å². The van der Waals surface area contributed by atoms with E-state index in [2.05, 4.69) is 10.3 Å². The molecule has 1 amide bonds. The van der Waals surface area contributed by atoms with Crippen molar-refractivity contribution in [2.75, 3.05) is 35.4 Å². The molecule has 144 valence electrons. The van der Waals surface area contributed by atoms with E-state index in [9.17, 15) is 17.6 Å². The van der Waals surface area contributed by atoms with E-state index in [4.69, 9.17) is 4.74 Å². The summed E-state index contributed by atoms with van der Waals surface area (Å²) in [5, 5.41) is 2.64. The van der Waals surface area contributed by atoms with Crippen LogP contribution in [0.25, 0.3) is 0 Å². The number of carbonyl (C=O) groups is 1. The van der Waals surface area contributed by atoms with Crippen molar-refractivity contribution in [2.45, 2.75) is 6.92 Å². The minimum absolute atomic E-state index is 0.0284. The predicted octanol–water partition coefficient (Wildman–Crippen LogP) is 1.55. The molecule has 0 radical (unpaired) electrons. The van der Waals surface area contributed by atoms with Gasteiger partial charge in [0.15, 0.2) is 0 Å². The predicted molar refractivity (Wildman–Crippen MR) is 98.8 cm³/mol. The van der Waals surface area contributed by atoms with Gasteiger partial charge >= 0.3 is 10.2 Å². The average Bonchev–Trinajstić information content (AvgIpc) is 2.82. The number of nitrogens with zero attached hydrogens (tertiary/aromatic N) is 3. The van der Waals surface area contributed by atoms with E-state index in [0.717, 1.165) is 14.7 Å². The summed E-state index contributed by atoms with van der Waals surface area (Å²) < 4.78 is 45.9. The van der Waals surface area contributed by atoms with E-state index in [-0.39, 0.29) is 18.8 Å². The number of aromatic nitrogens is 1. The maximum atomic E-state index is 13.5. The Balaban J connectivity index is 1.66. The molecule has 3 rings (SSSR count). The zero-order chi connectivity index (χ0) is 19.6. The van der Waals surface area contributed by atoms with Crippen molar-refractivity contribution < 1.29 is 22.3 Å². The molecule has 0 spiro atoms. The molecule has 1 aromatic carbocycles. The van der Waals surface area contributed by atoms with Crippen LogP contribution in [0, 0.1) is 5.82 Å². The van der Waals surface area contributed by atoms with Crippen LogP contribution in [0.1, 0.15) is 17.3 Å². The van der Waals surface area contributed by atoms with Crippen molar-refractivity contribution in [3.63, 3.8) is 0 Å². The summed E-state index contributed by atoms with van der Waals surface area (Å²) in [6.07, 6.45) is 1.38. The molecule has 0 atom stereocenters. The molecule has 2 aromatic rings. The lowest BCUT2D eigenvalue weighted by Crippen LogP contribution is -2.40. The van der Waals surface area contributed by atoms with E-state index in [1.165, 1.54) is 25.4 Å². The van der Waals surface area contributed by atoms with Gasteiger partial charge < -0.3 is 10.1 Å². The van der Waals surface area contributed by atoms with Gasteiger partial charge in [0.05, 0.1) is 30.1 Å². The molecule has 1 aliphatic rings. The van der Waals surface area contributed by atoms with Gasteiger partial charge in [0.2, 0.25) is 5.88 Å². The maximum Gasteiger partial charge on any atom is 0.326 e. The van der Waals surface area contributed by atoms with Gasteiger partial charge in [-0.2, -0.15) is 8.42 Å². The monoisotopic (exact) mass is 394 g/mol. The summed E-state index contributed by atoms with van der Waals surface area (Å²) in [7, 11) is -2.40. The highest BCUT2D eigenvalue weighted by molar-refractivity contribution is 7.94. The number of amides is 1. The molecule has 0 saturated heterocycles. The lowest BCUT2D eigenvalue weighted by atomic mass is 10.2. The van der Waals surface area contributed by atoms with Crippen LogP contribution < -0.4 is 18.7 Å². The van der Waals surface area contributed by atoms with E-state index in [1.54, 1.807) is 12.1 Å². The summed E-state index contributed by atoms with van der Waals surface area (Å²) in [4.78, 5) is 16.2. The Morgan fingerprint density at radius 2 is 2.04 bits per heavy atom. The van der Waals surface area contributed by atoms with Gasteiger partial charge in [0.25, 0.3) is 5.91 Å². The van der Waals surface area contributed by atoms with Gasteiger partial charge in [-0.15, -0.1) is 0 Å². The number of carbonyl (C=O) groups excluding carboxylic acids is 1. The first kappa shape index (κ1) is 18.9. The second kappa shape index (κ2) is 7.39. The molecule has 0 bridgehead atoms. The quantitative estimate of drug-likeness (QED) is 0.803. The number of hydrogen-bond donors (Lipinski definition) is 1. The second-order valence-corrected chi connectivity index (χ2v) is 7.64. The highest BCUT2D eigenvalue weighted by Crippen LogP contribution is 2.39. The normalized spacial score (nSPS) is 14.8. The van der Waals surface area contributed by atoms with Gasteiger partial charge in [-0.25, -0.2) is 13.7 Å². The van der Waals surface area contributed by atoms with E-state index in [1.807, 2.05) is 6.92 Å². The number of hydrogen-bond acceptors (Lipinski definition) is 5. The van der Waals surface area contributed by atoms with Crippen molar-refractivity contribution >= 4 is 27.5 Å². The summed E-state index contributed by atoms with van der Waals surface area (Å²) in [6.45, 7) is 2.32. The van der Waals surface area contributed by atoms with Crippen molar-refractivity contribution in [3.8, 4) is 5.88 Å². The minimum atomic E-state index is -3.80. The molecule has 0 unspecified atom stereocenters. The highest BCUT2D eigenvalue weighted by atomic mass is 32.2. The Morgan fingerprint density at radius 3 is 2.70 bits per heavy atom. The molecule has 1 aliphatic heterocycles. The van der Waals surface area contributed by atoms with Gasteiger partial charge in [-0.05, 0) is 25.1 Å². The molecule has 8 nitrogen and oxygen atoms in total. The number of pyridine rings is 1. The third kappa shape index (κ3) is 3.65. The van der Waals surface area contributed by atoms with Crippen molar-refractivity contribution in [1.82, 2.24) is 10.3 Å².